The number of rotatable bonds is 6. The van der Waals surface area contributed by atoms with Crippen LogP contribution >= 0.6 is 11.3 Å². The van der Waals surface area contributed by atoms with Crippen molar-refractivity contribution in [3.8, 4) is 16.9 Å². The summed E-state index contributed by atoms with van der Waals surface area (Å²) < 4.78 is 1.70. The molecule has 0 aliphatic carbocycles. The topological polar surface area (TPSA) is 103 Å². The standard InChI is InChI=1S/C20H15N5O3S/c26-18(22-20-21-10-11-29-20)12-15-13-24(16-4-2-1-3-5-16)23-19(15)14-6-8-17(9-7-14)25(27)28/h1-11,13H,12H2,(H,21,22,26). The minimum absolute atomic E-state index is 0.000644. The second kappa shape index (κ2) is 8.03. The highest BCUT2D eigenvalue weighted by molar-refractivity contribution is 7.13. The van der Waals surface area contributed by atoms with E-state index in [9.17, 15) is 14.9 Å². The predicted molar refractivity (Wildman–Crippen MR) is 110 cm³/mol. The molecular formula is C20H15N5O3S. The number of nitro groups is 1. The van der Waals surface area contributed by atoms with Crippen molar-refractivity contribution >= 4 is 28.1 Å². The van der Waals surface area contributed by atoms with Gasteiger partial charge in [-0.15, -0.1) is 11.3 Å². The zero-order valence-electron chi connectivity index (χ0n) is 15.1. The Kier molecular flexibility index (Phi) is 5.12. The van der Waals surface area contributed by atoms with E-state index >= 15 is 0 Å². The van der Waals surface area contributed by atoms with Crippen molar-refractivity contribution in [2.45, 2.75) is 6.42 Å². The number of amides is 1. The van der Waals surface area contributed by atoms with Crippen molar-refractivity contribution < 1.29 is 9.72 Å². The van der Waals surface area contributed by atoms with Crippen LogP contribution in [0.2, 0.25) is 0 Å². The van der Waals surface area contributed by atoms with E-state index in [0.717, 1.165) is 5.69 Å². The summed E-state index contributed by atoms with van der Waals surface area (Å²) in [7, 11) is 0. The number of carbonyl (C=O) groups excluding carboxylic acids is 1. The number of non-ortho nitro benzene ring substituents is 1. The zero-order valence-corrected chi connectivity index (χ0v) is 15.9. The molecule has 0 aliphatic heterocycles. The van der Waals surface area contributed by atoms with Crippen LogP contribution in [0.4, 0.5) is 10.8 Å². The Balaban J connectivity index is 1.68. The number of aromatic nitrogens is 3. The second-order valence-corrected chi connectivity index (χ2v) is 7.04. The van der Waals surface area contributed by atoms with E-state index in [1.54, 1.807) is 34.6 Å². The normalized spacial score (nSPS) is 10.6. The number of thiazole rings is 1. The van der Waals surface area contributed by atoms with Crippen LogP contribution in [0.5, 0.6) is 0 Å². The van der Waals surface area contributed by atoms with Crippen molar-refractivity contribution in [3.05, 3.63) is 88.0 Å². The molecule has 144 valence electrons. The van der Waals surface area contributed by atoms with Gasteiger partial charge in [0.25, 0.3) is 5.69 Å². The van der Waals surface area contributed by atoms with Gasteiger partial charge in [-0.2, -0.15) is 5.10 Å². The molecule has 0 atom stereocenters. The molecule has 2 aromatic carbocycles. The molecule has 0 saturated heterocycles. The first-order valence-corrected chi connectivity index (χ1v) is 9.56. The molecule has 9 heteroatoms. The van der Waals surface area contributed by atoms with E-state index in [-0.39, 0.29) is 18.0 Å². The van der Waals surface area contributed by atoms with E-state index in [2.05, 4.69) is 15.4 Å². The van der Waals surface area contributed by atoms with Gasteiger partial charge < -0.3 is 5.32 Å². The molecule has 0 saturated carbocycles. The molecule has 4 aromatic rings. The molecule has 8 nitrogen and oxygen atoms in total. The number of nitro benzene ring substituents is 1. The number of nitrogens with zero attached hydrogens (tertiary/aromatic N) is 4. The molecule has 2 aromatic heterocycles. The second-order valence-electron chi connectivity index (χ2n) is 6.15. The maximum Gasteiger partial charge on any atom is 0.269 e. The summed E-state index contributed by atoms with van der Waals surface area (Å²) in [5.74, 6) is -0.212. The lowest BCUT2D eigenvalue weighted by molar-refractivity contribution is -0.384. The van der Waals surface area contributed by atoms with Gasteiger partial charge in [0, 0.05) is 41.0 Å². The lowest BCUT2D eigenvalue weighted by Gasteiger charge is -2.03. The van der Waals surface area contributed by atoms with Crippen LogP contribution in [0.15, 0.2) is 72.4 Å². The molecular weight excluding hydrogens is 390 g/mol. The van der Waals surface area contributed by atoms with Crippen molar-refractivity contribution in [1.82, 2.24) is 14.8 Å². The highest BCUT2D eigenvalue weighted by atomic mass is 32.1. The van der Waals surface area contributed by atoms with E-state index in [4.69, 9.17) is 0 Å². The van der Waals surface area contributed by atoms with E-state index < -0.39 is 4.92 Å². The third-order valence-corrected chi connectivity index (χ3v) is 4.88. The molecule has 0 radical (unpaired) electrons. The largest absolute Gasteiger partial charge is 0.302 e. The van der Waals surface area contributed by atoms with Gasteiger partial charge in [-0.05, 0) is 24.3 Å². The number of anilines is 1. The van der Waals surface area contributed by atoms with Crippen LogP contribution in [0.1, 0.15) is 5.56 Å². The minimum Gasteiger partial charge on any atom is -0.302 e. The van der Waals surface area contributed by atoms with E-state index in [1.807, 2.05) is 30.3 Å². The first kappa shape index (κ1) is 18.5. The SMILES string of the molecule is O=C(Cc1cn(-c2ccccc2)nc1-c1ccc([N+](=O)[O-])cc1)Nc1nccs1. The van der Waals surface area contributed by atoms with Gasteiger partial charge >= 0.3 is 0 Å². The predicted octanol–water partition coefficient (Wildman–Crippen LogP) is 4.09. The molecule has 2 heterocycles. The quantitative estimate of drug-likeness (QED) is 0.384. The van der Waals surface area contributed by atoms with Gasteiger partial charge in [-0.3, -0.25) is 14.9 Å². The Bertz CT molecular complexity index is 1140. The lowest BCUT2D eigenvalue weighted by Crippen LogP contribution is -2.14. The molecule has 1 amide bonds. The minimum atomic E-state index is -0.450. The van der Waals surface area contributed by atoms with Gasteiger partial charge in [0.05, 0.1) is 22.7 Å². The number of hydrogen-bond acceptors (Lipinski definition) is 6. The van der Waals surface area contributed by atoms with Crippen LogP contribution in [0.3, 0.4) is 0 Å². The summed E-state index contributed by atoms with van der Waals surface area (Å²) >= 11 is 1.34. The first-order chi connectivity index (χ1) is 14.1. The monoisotopic (exact) mass is 405 g/mol. The van der Waals surface area contributed by atoms with Gasteiger partial charge in [-0.25, -0.2) is 9.67 Å². The summed E-state index contributed by atoms with van der Waals surface area (Å²) in [4.78, 5) is 27.0. The molecule has 29 heavy (non-hydrogen) atoms. The van der Waals surface area contributed by atoms with Crippen LogP contribution in [0.25, 0.3) is 16.9 Å². The maximum absolute atomic E-state index is 12.5. The Labute approximate surface area is 169 Å². The van der Waals surface area contributed by atoms with Gasteiger partial charge in [0.2, 0.25) is 5.91 Å². The third-order valence-electron chi connectivity index (χ3n) is 4.19. The average molecular weight is 405 g/mol. The smallest absolute Gasteiger partial charge is 0.269 e. The lowest BCUT2D eigenvalue weighted by atomic mass is 10.1. The number of benzene rings is 2. The van der Waals surface area contributed by atoms with Crippen molar-refractivity contribution in [2.24, 2.45) is 0 Å². The van der Waals surface area contributed by atoms with E-state index in [0.29, 0.717) is 22.0 Å². The average Bonchev–Trinajstić information content (AvgIpc) is 3.39. The molecule has 0 aliphatic rings. The molecule has 0 unspecified atom stereocenters. The summed E-state index contributed by atoms with van der Waals surface area (Å²) in [5, 5.41) is 20.6. The summed E-state index contributed by atoms with van der Waals surface area (Å²) in [6, 6.07) is 15.7. The van der Waals surface area contributed by atoms with Gasteiger partial charge in [-0.1, -0.05) is 18.2 Å². The first-order valence-electron chi connectivity index (χ1n) is 8.68. The summed E-state index contributed by atoms with van der Waals surface area (Å²) in [6.07, 6.45) is 3.52. The van der Waals surface area contributed by atoms with Crippen molar-refractivity contribution in [1.29, 1.82) is 0 Å². The third kappa shape index (κ3) is 4.19. The van der Waals surface area contributed by atoms with Crippen molar-refractivity contribution in [2.75, 3.05) is 5.32 Å². The van der Waals surface area contributed by atoms with Crippen LogP contribution in [-0.2, 0) is 11.2 Å². The Morgan fingerprint density at radius 3 is 2.55 bits per heavy atom. The number of hydrogen-bond donors (Lipinski definition) is 1. The summed E-state index contributed by atoms with van der Waals surface area (Å²) in [5.41, 5.74) is 2.85. The fourth-order valence-electron chi connectivity index (χ4n) is 2.86. The van der Waals surface area contributed by atoms with Crippen LogP contribution in [-0.4, -0.2) is 25.6 Å². The Morgan fingerprint density at radius 1 is 1.14 bits per heavy atom. The molecule has 4 rings (SSSR count). The van der Waals surface area contributed by atoms with Gasteiger partial charge in [0.15, 0.2) is 5.13 Å². The summed E-state index contributed by atoms with van der Waals surface area (Å²) in [6.45, 7) is 0. The number of para-hydroxylation sites is 1. The molecule has 0 bridgehead atoms. The zero-order chi connectivity index (χ0) is 20.2. The Hall–Kier alpha value is -3.85. The number of carbonyl (C=O) groups is 1. The van der Waals surface area contributed by atoms with Gasteiger partial charge in [0.1, 0.15) is 0 Å². The van der Waals surface area contributed by atoms with Crippen molar-refractivity contribution in [3.63, 3.8) is 0 Å². The van der Waals surface area contributed by atoms with Crippen LogP contribution in [0, 0.1) is 10.1 Å². The highest BCUT2D eigenvalue weighted by Crippen LogP contribution is 2.26. The molecule has 0 spiro atoms. The fraction of sp³-hybridized carbons (Fsp3) is 0.0500. The Morgan fingerprint density at radius 2 is 1.90 bits per heavy atom. The van der Waals surface area contributed by atoms with E-state index in [1.165, 1.54) is 23.5 Å². The number of nitrogens with one attached hydrogen (secondary N) is 1. The molecule has 1 N–H and O–H groups in total. The highest BCUT2D eigenvalue weighted by Gasteiger charge is 2.17. The van der Waals surface area contributed by atoms with Crippen LogP contribution < -0.4 is 5.32 Å². The molecule has 0 fully saturated rings. The maximum atomic E-state index is 12.5. The fourth-order valence-corrected chi connectivity index (χ4v) is 3.40.